The number of rotatable bonds is 2. The van der Waals surface area contributed by atoms with Crippen LogP contribution in [0.2, 0.25) is 0 Å². The molecule has 4 aliphatic rings. The molecule has 0 saturated heterocycles. The monoisotopic (exact) mass is 281 g/mol. The van der Waals surface area contributed by atoms with E-state index in [9.17, 15) is 0 Å². The molecule has 108 valence electrons. The highest BCUT2D eigenvalue weighted by Crippen LogP contribution is 2.58. The maximum Gasteiger partial charge on any atom is 0.205 e. The van der Waals surface area contributed by atoms with Gasteiger partial charge in [-0.3, -0.25) is 4.98 Å². The molecular weight excluding hydrogens is 262 g/mol. The third-order valence-electron chi connectivity index (χ3n) is 5.78. The number of tetrazole rings is 1. The smallest absolute Gasteiger partial charge is 0.205 e. The van der Waals surface area contributed by atoms with Gasteiger partial charge in [0.1, 0.15) is 0 Å². The van der Waals surface area contributed by atoms with Crippen molar-refractivity contribution in [3.8, 4) is 11.4 Å². The van der Waals surface area contributed by atoms with E-state index in [1.807, 2.05) is 16.9 Å². The largest absolute Gasteiger partial charge is 0.265 e. The molecule has 0 aliphatic heterocycles. The zero-order valence-corrected chi connectivity index (χ0v) is 12.0. The first-order valence-corrected chi connectivity index (χ1v) is 8.02. The Morgan fingerprint density at radius 1 is 0.952 bits per heavy atom. The van der Waals surface area contributed by atoms with E-state index < -0.39 is 0 Å². The summed E-state index contributed by atoms with van der Waals surface area (Å²) in [6.45, 7) is 0. The normalized spacial score (nSPS) is 37.0. The van der Waals surface area contributed by atoms with Crippen LogP contribution in [-0.2, 0) is 5.54 Å². The number of nitrogens with zero attached hydrogens (tertiary/aromatic N) is 5. The molecule has 5 heteroatoms. The average molecular weight is 281 g/mol. The second kappa shape index (κ2) is 4.12. The van der Waals surface area contributed by atoms with E-state index in [-0.39, 0.29) is 5.54 Å². The summed E-state index contributed by atoms with van der Waals surface area (Å²) in [5, 5.41) is 13.5. The van der Waals surface area contributed by atoms with Crippen molar-refractivity contribution in [1.29, 1.82) is 0 Å². The summed E-state index contributed by atoms with van der Waals surface area (Å²) in [4.78, 5) is 6.01. The molecule has 6 rings (SSSR count). The number of hydrogen-bond donors (Lipinski definition) is 0. The van der Waals surface area contributed by atoms with Crippen LogP contribution in [0.25, 0.3) is 11.4 Å². The third kappa shape index (κ3) is 1.76. The summed E-state index contributed by atoms with van der Waals surface area (Å²) in [6, 6.07) is 3.89. The van der Waals surface area contributed by atoms with Crippen LogP contribution in [0.4, 0.5) is 0 Å². The molecule has 5 nitrogen and oxygen atoms in total. The van der Waals surface area contributed by atoms with Crippen LogP contribution in [0, 0.1) is 17.8 Å². The lowest BCUT2D eigenvalue weighted by Crippen LogP contribution is -2.52. The van der Waals surface area contributed by atoms with Crippen molar-refractivity contribution < 1.29 is 0 Å². The molecule has 2 aromatic rings. The topological polar surface area (TPSA) is 56.5 Å². The minimum absolute atomic E-state index is 0.160. The van der Waals surface area contributed by atoms with E-state index >= 15 is 0 Å². The molecule has 4 aliphatic carbocycles. The average Bonchev–Trinajstić information content (AvgIpc) is 2.97. The number of pyridine rings is 1. The zero-order chi connectivity index (χ0) is 13.9. The van der Waals surface area contributed by atoms with Crippen LogP contribution in [0.5, 0.6) is 0 Å². The standard InChI is InChI=1S/C16H19N5/c1-3-17-4-2-14(1)15-18-20-21(19-15)16-8-11-5-12(9-16)7-13(6-11)10-16/h1-4,11-13H,5-10H2. The Morgan fingerprint density at radius 2 is 1.57 bits per heavy atom. The summed E-state index contributed by atoms with van der Waals surface area (Å²) >= 11 is 0. The number of hydrogen-bond acceptors (Lipinski definition) is 4. The van der Waals surface area contributed by atoms with E-state index in [1.165, 1.54) is 38.5 Å². The van der Waals surface area contributed by atoms with Gasteiger partial charge in [-0.1, -0.05) is 0 Å². The van der Waals surface area contributed by atoms with Crippen molar-refractivity contribution in [2.45, 2.75) is 44.1 Å². The van der Waals surface area contributed by atoms with Crippen molar-refractivity contribution in [3.63, 3.8) is 0 Å². The molecule has 0 spiro atoms. The highest BCUT2D eigenvalue weighted by atomic mass is 15.6. The summed E-state index contributed by atoms with van der Waals surface area (Å²) in [7, 11) is 0. The Hall–Kier alpha value is -1.78. The third-order valence-corrected chi connectivity index (χ3v) is 5.78. The van der Waals surface area contributed by atoms with Gasteiger partial charge in [0, 0.05) is 18.0 Å². The van der Waals surface area contributed by atoms with Gasteiger partial charge in [0.25, 0.3) is 0 Å². The summed E-state index contributed by atoms with van der Waals surface area (Å²) in [5.41, 5.74) is 1.16. The molecule has 0 aromatic carbocycles. The molecule has 2 aromatic heterocycles. The fraction of sp³-hybridized carbons (Fsp3) is 0.625. The summed E-state index contributed by atoms with van der Waals surface area (Å²) in [5.74, 6) is 3.41. The molecule has 4 bridgehead atoms. The maximum atomic E-state index is 4.74. The lowest BCUT2D eigenvalue weighted by atomic mass is 9.53. The Bertz CT molecular complexity index is 627. The molecule has 21 heavy (non-hydrogen) atoms. The van der Waals surface area contributed by atoms with Gasteiger partial charge < -0.3 is 0 Å². The van der Waals surface area contributed by atoms with Crippen LogP contribution < -0.4 is 0 Å². The minimum Gasteiger partial charge on any atom is -0.265 e. The van der Waals surface area contributed by atoms with Crippen molar-refractivity contribution >= 4 is 0 Å². The molecule has 0 unspecified atom stereocenters. The van der Waals surface area contributed by atoms with Gasteiger partial charge >= 0.3 is 0 Å². The van der Waals surface area contributed by atoms with E-state index in [1.54, 1.807) is 12.4 Å². The van der Waals surface area contributed by atoms with Gasteiger partial charge in [-0.25, -0.2) is 0 Å². The molecule has 0 radical (unpaired) electrons. The molecule has 0 amide bonds. The van der Waals surface area contributed by atoms with E-state index in [4.69, 9.17) is 5.10 Å². The van der Waals surface area contributed by atoms with Crippen LogP contribution in [-0.4, -0.2) is 25.2 Å². The fourth-order valence-corrected chi connectivity index (χ4v) is 5.34. The summed E-state index contributed by atoms with van der Waals surface area (Å²) in [6.07, 6.45) is 11.6. The van der Waals surface area contributed by atoms with Crippen molar-refractivity contribution in [1.82, 2.24) is 25.2 Å². The first kappa shape index (κ1) is 11.8. The molecule has 0 atom stereocenters. The van der Waals surface area contributed by atoms with Gasteiger partial charge in [0.05, 0.1) is 5.54 Å². The maximum absolute atomic E-state index is 4.74. The summed E-state index contributed by atoms with van der Waals surface area (Å²) < 4.78 is 0. The first-order valence-electron chi connectivity index (χ1n) is 8.02. The highest BCUT2D eigenvalue weighted by Gasteiger charge is 2.53. The van der Waals surface area contributed by atoms with E-state index in [0.29, 0.717) is 0 Å². The van der Waals surface area contributed by atoms with E-state index in [2.05, 4.69) is 15.3 Å². The van der Waals surface area contributed by atoms with Crippen LogP contribution in [0.15, 0.2) is 24.5 Å². The van der Waals surface area contributed by atoms with Crippen LogP contribution in [0.1, 0.15) is 38.5 Å². The van der Waals surface area contributed by atoms with Gasteiger partial charge in [0.2, 0.25) is 5.82 Å². The molecule has 2 heterocycles. The molecule has 4 fully saturated rings. The van der Waals surface area contributed by atoms with Crippen molar-refractivity contribution in [3.05, 3.63) is 24.5 Å². The molecule has 0 N–H and O–H groups in total. The zero-order valence-electron chi connectivity index (χ0n) is 12.0. The second-order valence-corrected chi connectivity index (χ2v) is 7.28. The quantitative estimate of drug-likeness (QED) is 0.849. The van der Waals surface area contributed by atoms with Gasteiger partial charge in [-0.2, -0.15) is 4.80 Å². The lowest BCUT2D eigenvalue weighted by molar-refractivity contribution is -0.0573. The predicted octanol–water partition coefficient (Wildman–Crippen LogP) is 2.66. The number of aromatic nitrogens is 5. The Labute approximate surface area is 123 Å². The van der Waals surface area contributed by atoms with Crippen LogP contribution in [0.3, 0.4) is 0 Å². The Morgan fingerprint density at radius 3 is 2.19 bits per heavy atom. The van der Waals surface area contributed by atoms with Crippen molar-refractivity contribution in [2.24, 2.45) is 17.8 Å². The SMILES string of the molecule is c1cc(-c2nnn(C34CC5CC(CC(C5)C3)C4)n2)ccn1. The second-order valence-electron chi connectivity index (χ2n) is 7.28. The van der Waals surface area contributed by atoms with Gasteiger partial charge in [-0.15, -0.1) is 10.2 Å². The Kier molecular flexibility index (Phi) is 2.32. The lowest BCUT2D eigenvalue weighted by Gasteiger charge is -2.55. The first-order chi connectivity index (χ1) is 10.3. The van der Waals surface area contributed by atoms with Crippen molar-refractivity contribution in [2.75, 3.05) is 0 Å². The Balaban J connectivity index is 1.52. The van der Waals surface area contributed by atoms with Gasteiger partial charge in [-0.05, 0) is 73.6 Å². The molecular formula is C16H19N5. The highest BCUT2D eigenvalue weighted by molar-refractivity contribution is 5.52. The van der Waals surface area contributed by atoms with E-state index in [0.717, 1.165) is 29.1 Å². The van der Waals surface area contributed by atoms with Crippen LogP contribution >= 0.6 is 0 Å². The van der Waals surface area contributed by atoms with Gasteiger partial charge in [0.15, 0.2) is 0 Å². The minimum atomic E-state index is 0.160. The predicted molar refractivity (Wildman–Crippen MR) is 77.2 cm³/mol. The fourth-order valence-electron chi connectivity index (χ4n) is 5.34. The molecule has 4 saturated carbocycles.